The predicted octanol–water partition coefficient (Wildman–Crippen LogP) is 2.88. The van der Waals surface area contributed by atoms with Crippen molar-refractivity contribution in [2.45, 2.75) is 77.2 Å². The van der Waals surface area contributed by atoms with E-state index in [1.807, 2.05) is 6.92 Å². The molecular weight excluding hydrogens is 300 g/mol. The van der Waals surface area contributed by atoms with Crippen molar-refractivity contribution >= 4 is 11.9 Å². The zero-order chi connectivity index (χ0) is 17.0. The minimum Gasteiger partial charge on any atom is -0.357 e. The normalized spacial score (nSPS) is 19.5. The number of carbonyl (C=O) groups is 1. The van der Waals surface area contributed by atoms with E-state index in [0.29, 0.717) is 6.04 Å². The van der Waals surface area contributed by atoms with E-state index in [-0.39, 0.29) is 12.5 Å². The van der Waals surface area contributed by atoms with Crippen LogP contribution < -0.4 is 16.0 Å². The molecule has 3 N–H and O–H groups in total. The fourth-order valence-corrected chi connectivity index (χ4v) is 3.49. The van der Waals surface area contributed by atoms with Crippen molar-refractivity contribution in [3.8, 4) is 0 Å². The summed E-state index contributed by atoms with van der Waals surface area (Å²) in [6.45, 7) is 3.93. The smallest absolute Gasteiger partial charge is 0.242 e. The molecule has 5 heteroatoms. The third-order valence-corrected chi connectivity index (χ3v) is 4.82. The lowest BCUT2D eigenvalue weighted by Crippen LogP contribution is -2.41. The molecule has 0 spiro atoms. The van der Waals surface area contributed by atoms with E-state index in [1.165, 1.54) is 44.9 Å². The molecule has 1 saturated carbocycles. The van der Waals surface area contributed by atoms with Gasteiger partial charge in [0.1, 0.15) is 6.54 Å². The van der Waals surface area contributed by atoms with Crippen LogP contribution in [0.3, 0.4) is 0 Å². The average Bonchev–Trinajstić information content (AvgIpc) is 2.61. The Morgan fingerprint density at radius 1 is 1.17 bits per heavy atom. The van der Waals surface area contributed by atoms with Crippen LogP contribution in [-0.4, -0.2) is 37.5 Å². The van der Waals surface area contributed by atoms with Gasteiger partial charge in [0.2, 0.25) is 5.91 Å². The Bertz CT molecular complexity index is 439. The molecule has 1 amide bonds. The highest BCUT2D eigenvalue weighted by Gasteiger charge is 2.15. The van der Waals surface area contributed by atoms with Gasteiger partial charge in [-0.05, 0) is 51.9 Å². The summed E-state index contributed by atoms with van der Waals surface area (Å²) in [6, 6.07) is 0.357. The SMILES string of the molecule is CCNC(=NCC(=O)NC1CCCCC1)NCCC1=CCCCC1. The molecule has 0 heterocycles. The van der Waals surface area contributed by atoms with Crippen molar-refractivity contribution in [1.29, 1.82) is 0 Å². The molecule has 0 aromatic rings. The molecule has 0 saturated heterocycles. The first kappa shape index (κ1) is 18.8. The maximum absolute atomic E-state index is 12.1. The van der Waals surface area contributed by atoms with Gasteiger partial charge < -0.3 is 16.0 Å². The highest BCUT2D eigenvalue weighted by Crippen LogP contribution is 2.19. The zero-order valence-electron chi connectivity index (χ0n) is 15.2. The molecule has 0 atom stereocenters. The molecule has 2 aliphatic carbocycles. The largest absolute Gasteiger partial charge is 0.357 e. The molecule has 0 aromatic heterocycles. The Morgan fingerprint density at radius 2 is 2.00 bits per heavy atom. The molecule has 5 nitrogen and oxygen atoms in total. The van der Waals surface area contributed by atoms with Gasteiger partial charge >= 0.3 is 0 Å². The summed E-state index contributed by atoms with van der Waals surface area (Å²) in [5, 5.41) is 9.68. The summed E-state index contributed by atoms with van der Waals surface area (Å²) in [5.41, 5.74) is 1.56. The van der Waals surface area contributed by atoms with Gasteiger partial charge in [-0.25, -0.2) is 4.99 Å². The number of hydrogen-bond acceptors (Lipinski definition) is 2. The third-order valence-electron chi connectivity index (χ3n) is 4.82. The summed E-state index contributed by atoms with van der Waals surface area (Å²) < 4.78 is 0. The molecule has 0 aliphatic heterocycles. The fourth-order valence-electron chi connectivity index (χ4n) is 3.49. The van der Waals surface area contributed by atoms with Crippen LogP contribution in [0, 0.1) is 0 Å². The Hall–Kier alpha value is -1.52. The van der Waals surface area contributed by atoms with Gasteiger partial charge in [-0.3, -0.25) is 4.79 Å². The third kappa shape index (κ3) is 7.37. The van der Waals surface area contributed by atoms with Crippen LogP contribution in [0.25, 0.3) is 0 Å². The second-order valence-corrected chi connectivity index (χ2v) is 6.88. The maximum Gasteiger partial charge on any atom is 0.242 e. The topological polar surface area (TPSA) is 65.5 Å². The van der Waals surface area contributed by atoms with Crippen molar-refractivity contribution < 1.29 is 4.79 Å². The second kappa shape index (κ2) is 11.1. The van der Waals surface area contributed by atoms with E-state index in [4.69, 9.17) is 0 Å². The van der Waals surface area contributed by atoms with Crippen LogP contribution in [0.15, 0.2) is 16.6 Å². The molecule has 1 fully saturated rings. The minimum atomic E-state index is 0.0362. The first-order valence-electron chi connectivity index (χ1n) is 9.77. The van der Waals surface area contributed by atoms with Crippen molar-refractivity contribution in [1.82, 2.24) is 16.0 Å². The van der Waals surface area contributed by atoms with Crippen LogP contribution in [0.1, 0.15) is 71.1 Å². The number of guanidine groups is 1. The molecule has 0 bridgehead atoms. The maximum atomic E-state index is 12.1. The van der Waals surface area contributed by atoms with E-state index in [9.17, 15) is 4.79 Å². The predicted molar refractivity (Wildman–Crippen MR) is 100 cm³/mol. The van der Waals surface area contributed by atoms with Gasteiger partial charge in [0.05, 0.1) is 0 Å². The molecule has 2 rings (SSSR count). The lowest BCUT2D eigenvalue weighted by molar-refractivity contribution is -0.120. The summed E-state index contributed by atoms with van der Waals surface area (Å²) in [6.07, 6.45) is 14.6. The monoisotopic (exact) mass is 334 g/mol. The Kier molecular flexibility index (Phi) is 8.71. The Morgan fingerprint density at radius 3 is 2.71 bits per heavy atom. The number of nitrogens with zero attached hydrogens (tertiary/aromatic N) is 1. The Balaban J connectivity index is 1.70. The molecule has 0 radical (unpaired) electrons. The van der Waals surface area contributed by atoms with Crippen LogP contribution in [0.2, 0.25) is 0 Å². The summed E-state index contributed by atoms with van der Waals surface area (Å²) in [7, 11) is 0. The summed E-state index contributed by atoms with van der Waals surface area (Å²) in [4.78, 5) is 16.5. The van der Waals surface area contributed by atoms with Gasteiger partial charge in [0, 0.05) is 19.1 Å². The van der Waals surface area contributed by atoms with Gasteiger partial charge in [-0.1, -0.05) is 30.9 Å². The molecular formula is C19H34N4O. The van der Waals surface area contributed by atoms with Crippen LogP contribution in [0.4, 0.5) is 0 Å². The standard InChI is InChI=1S/C19H34N4O/c1-2-20-19(21-14-13-16-9-5-3-6-10-16)22-15-18(24)23-17-11-7-4-8-12-17/h9,17H,2-8,10-15H2,1H3,(H,23,24)(H2,20,21,22). The highest BCUT2D eigenvalue weighted by atomic mass is 16.1. The molecule has 0 aromatic carbocycles. The van der Waals surface area contributed by atoms with Crippen molar-refractivity contribution in [3.05, 3.63) is 11.6 Å². The first-order chi connectivity index (χ1) is 11.8. The highest BCUT2D eigenvalue weighted by molar-refractivity contribution is 5.85. The number of allylic oxidation sites excluding steroid dienone is 1. The van der Waals surface area contributed by atoms with E-state index < -0.39 is 0 Å². The first-order valence-corrected chi connectivity index (χ1v) is 9.77. The molecule has 24 heavy (non-hydrogen) atoms. The fraction of sp³-hybridized carbons (Fsp3) is 0.789. The van der Waals surface area contributed by atoms with E-state index in [2.05, 4.69) is 27.0 Å². The lowest BCUT2D eigenvalue weighted by Gasteiger charge is -2.22. The van der Waals surface area contributed by atoms with E-state index in [1.54, 1.807) is 5.57 Å². The van der Waals surface area contributed by atoms with Crippen molar-refractivity contribution in [2.75, 3.05) is 19.6 Å². The van der Waals surface area contributed by atoms with Gasteiger partial charge in [0.25, 0.3) is 0 Å². The summed E-state index contributed by atoms with van der Waals surface area (Å²) in [5.74, 6) is 0.779. The number of hydrogen-bond donors (Lipinski definition) is 3. The van der Waals surface area contributed by atoms with Crippen LogP contribution in [-0.2, 0) is 4.79 Å². The van der Waals surface area contributed by atoms with Gasteiger partial charge in [-0.2, -0.15) is 0 Å². The van der Waals surface area contributed by atoms with Crippen LogP contribution in [0.5, 0.6) is 0 Å². The number of aliphatic imine (C=N–C) groups is 1. The quantitative estimate of drug-likeness (QED) is 0.381. The second-order valence-electron chi connectivity index (χ2n) is 6.88. The lowest BCUT2D eigenvalue weighted by atomic mass is 9.95. The molecule has 136 valence electrons. The number of nitrogens with one attached hydrogen (secondary N) is 3. The van der Waals surface area contributed by atoms with Gasteiger partial charge in [0.15, 0.2) is 5.96 Å². The zero-order valence-corrected chi connectivity index (χ0v) is 15.2. The average molecular weight is 335 g/mol. The molecule has 0 unspecified atom stereocenters. The van der Waals surface area contributed by atoms with Crippen molar-refractivity contribution in [2.24, 2.45) is 4.99 Å². The van der Waals surface area contributed by atoms with Gasteiger partial charge in [-0.15, -0.1) is 0 Å². The number of rotatable bonds is 7. The van der Waals surface area contributed by atoms with E-state index in [0.717, 1.165) is 38.3 Å². The van der Waals surface area contributed by atoms with Crippen molar-refractivity contribution in [3.63, 3.8) is 0 Å². The Labute approximate surface area is 146 Å². The van der Waals surface area contributed by atoms with E-state index >= 15 is 0 Å². The minimum absolute atomic E-state index is 0.0362. The number of carbonyl (C=O) groups excluding carboxylic acids is 1. The number of amides is 1. The van der Waals surface area contributed by atoms with Crippen LogP contribution >= 0.6 is 0 Å². The molecule has 2 aliphatic rings. The summed E-state index contributed by atoms with van der Waals surface area (Å²) >= 11 is 0.